The molecule has 0 unspecified atom stereocenters. The molecule has 3 rings (SSSR count). The van der Waals surface area contributed by atoms with Crippen molar-refractivity contribution >= 4 is 33.3 Å². The van der Waals surface area contributed by atoms with Gasteiger partial charge in [0.05, 0.1) is 19.7 Å². The second-order valence-electron chi connectivity index (χ2n) is 6.35. The predicted molar refractivity (Wildman–Crippen MR) is 94.1 cm³/mol. The summed E-state index contributed by atoms with van der Waals surface area (Å²) in [7, 11) is 0. The predicted octanol–water partition coefficient (Wildman–Crippen LogP) is 1.50. The molecule has 0 atom stereocenters. The molecule has 25 heavy (non-hydrogen) atoms. The molecule has 0 saturated carbocycles. The molecule has 1 aliphatic rings. The van der Waals surface area contributed by atoms with E-state index in [9.17, 15) is 14.0 Å². The van der Waals surface area contributed by atoms with Crippen LogP contribution in [0.1, 0.15) is 35.0 Å². The molecular formula is C18H22FN2O3S+. The number of amides is 1. The molecule has 1 aromatic heterocycles. The third-order valence-corrected chi connectivity index (χ3v) is 5.92. The van der Waals surface area contributed by atoms with Gasteiger partial charge in [-0.2, -0.15) is 0 Å². The summed E-state index contributed by atoms with van der Waals surface area (Å²) < 4.78 is 20.3. The van der Waals surface area contributed by atoms with Crippen LogP contribution >= 0.6 is 11.3 Å². The molecule has 1 saturated heterocycles. The number of esters is 1. The highest BCUT2D eigenvalue weighted by atomic mass is 32.1. The van der Waals surface area contributed by atoms with E-state index in [0.29, 0.717) is 22.4 Å². The third kappa shape index (κ3) is 3.67. The van der Waals surface area contributed by atoms with Crippen LogP contribution < -0.4 is 10.6 Å². The maximum absolute atomic E-state index is 14.4. The van der Waals surface area contributed by atoms with Crippen molar-refractivity contribution < 1.29 is 23.6 Å². The van der Waals surface area contributed by atoms with E-state index in [2.05, 4.69) is 0 Å². The summed E-state index contributed by atoms with van der Waals surface area (Å²) in [6.07, 6.45) is 1.45. The van der Waals surface area contributed by atoms with Gasteiger partial charge in [0.1, 0.15) is 17.2 Å². The Balaban J connectivity index is 1.90. The number of nitrogens with two attached hydrogens (primary N) is 1. The molecule has 0 aliphatic carbocycles. The first-order chi connectivity index (χ1) is 12.0. The van der Waals surface area contributed by atoms with E-state index in [1.165, 1.54) is 22.3 Å². The van der Waals surface area contributed by atoms with Gasteiger partial charge in [-0.3, -0.25) is 4.79 Å². The maximum Gasteiger partial charge on any atom is 0.348 e. The maximum atomic E-state index is 14.4. The average Bonchev–Trinajstić information content (AvgIpc) is 2.95. The van der Waals surface area contributed by atoms with Crippen LogP contribution in [-0.4, -0.2) is 31.6 Å². The number of piperidine rings is 1. The third-order valence-electron chi connectivity index (χ3n) is 4.75. The van der Waals surface area contributed by atoms with Crippen molar-refractivity contribution in [2.75, 3.05) is 19.7 Å². The lowest BCUT2D eigenvalue weighted by Gasteiger charge is -2.27. The van der Waals surface area contributed by atoms with Crippen LogP contribution in [0.5, 0.6) is 0 Å². The van der Waals surface area contributed by atoms with Crippen LogP contribution in [0.4, 0.5) is 4.39 Å². The summed E-state index contributed by atoms with van der Waals surface area (Å²) in [5.74, 6) is -1.04. The molecule has 5 nitrogen and oxygen atoms in total. The van der Waals surface area contributed by atoms with Crippen LogP contribution in [-0.2, 0) is 16.1 Å². The Morgan fingerprint density at radius 2 is 2.08 bits per heavy atom. The van der Waals surface area contributed by atoms with E-state index < -0.39 is 5.97 Å². The average molecular weight is 365 g/mol. The topological polar surface area (TPSA) is 73.8 Å². The van der Waals surface area contributed by atoms with E-state index in [0.717, 1.165) is 30.6 Å². The van der Waals surface area contributed by atoms with Crippen molar-refractivity contribution in [1.82, 2.24) is 0 Å². The molecule has 7 heteroatoms. The van der Waals surface area contributed by atoms with E-state index in [1.807, 2.05) is 6.07 Å². The zero-order chi connectivity index (χ0) is 18.0. The Kier molecular flexibility index (Phi) is 5.34. The number of nitrogens with one attached hydrogen (secondary N) is 1. The normalized spacial score (nSPS) is 20.6. The number of carbonyl (C=O) groups excluding carboxylic acids is 2. The van der Waals surface area contributed by atoms with Gasteiger partial charge >= 0.3 is 5.97 Å². The Morgan fingerprint density at radius 3 is 2.72 bits per heavy atom. The van der Waals surface area contributed by atoms with Gasteiger partial charge in [0.2, 0.25) is 5.91 Å². The minimum absolute atomic E-state index is 0.0794. The quantitative estimate of drug-likeness (QED) is 0.789. The summed E-state index contributed by atoms with van der Waals surface area (Å²) >= 11 is 1.28. The van der Waals surface area contributed by atoms with Gasteiger partial charge in [-0.1, -0.05) is 6.07 Å². The molecular weight excluding hydrogens is 343 g/mol. The molecule has 2 aromatic rings. The van der Waals surface area contributed by atoms with Gasteiger partial charge in [0.25, 0.3) is 0 Å². The highest BCUT2D eigenvalue weighted by molar-refractivity contribution is 7.21. The van der Waals surface area contributed by atoms with Crippen molar-refractivity contribution in [3.8, 4) is 0 Å². The van der Waals surface area contributed by atoms with E-state index in [-0.39, 0.29) is 24.2 Å². The number of carbonyl (C=O) groups is 2. The fraction of sp³-hybridized carbons (Fsp3) is 0.444. The first kappa shape index (κ1) is 17.8. The highest BCUT2D eigenvalue weighted by Crippen LogP contribution is 2.33. The molecule has 3 N–H and O–H groups in total. The first-order valence-electron chi connectivity index (χ1n) is 8.51. The lowest BCUT2D eigenvalue weighted by molar-refractivity contribution is -0.919. The van der Waals surface area contributed by atoms with Crippen molar-refractivity contribution in [3.05, 3.63) is 34.5 Å². The molecule has 1 fully saturated rings. The molecule has 0 radical (unpaired) electrons. The zero-order valence-corrected chi connectivity index (χ0v) is 15.0. The number of hydrogen-bond acceptors (Lipinski definition) is 4. The van der Waals surface area contributed by atoms with Gasteiger partial charge in [0.15, 0.2) is 0 Å². The van der Waals surface area contributed by atoms with Crippen molar-refractivity contribution in [2.24, 2.45) is 11.7 Å². The zero-order valence-electron chi connectivity index (χ0n) is 14.1. The van der Waals surface area contributed by atoms with Crippen molar-refractivity contribution in [1.29, 1.82) is 0 Å². The molecule has 2 heterocycles. The fourth-order valence-corrected chi connectivity index (χ4v) is 4.56. The van der Waals surface area contributed by atoms with Crippen LogP contribution in [0.3, 0.4) is 0 Å². The van der Waals surface area contributed by atoms with Crippen LogP contribution in [0.15, 0.2) is 18.2 Å². The molecule has 134 valence electrons. The Labute approximate surface area is 149 Å². The number of benzene rings is 1. The summed E-state index contributed by atoms with van der Waals surface area (Å²) in [6, 6.07) is 4.89. The van der Waals surface area contributed by atoms with Gasteiger partial charge < -0.3 is 15.4 Å². The fourth-order valence-electron chi connectivity index (χ4n) is 3.43. The Morgan fingerprint density at radius 1 is 1.36 bits per heavy atom. The summed E-state index contributed by atoms with van der Waals surface area (Å²) in [5, 5.41) is 0.514. The van der Waals surface area contributed by atoms with Crippen LogP contribution in [0, 0.1) is 11.7 Å². The number of quaternary nitrogens is 1. The summed E-state index contributed by atoms with van der Waals surface area (Å²) in [4.78, 5) is 25.3. The lowest BCUT2D eigenvalue weighted by Crippen LogP contribution is -3.11. The summed E-state index contributed by atoms with van der Waals surface area (Å²) in [6.45, 7) is 4.14. The number of thiophene rings is 1. The van der Waals surface area contributed by atoms with Crippen LogP contribution in [0.25, 0.3) is 10.1 Å². The second kappa shape index (κ2) is 7.49. The van der Waals surface area contributed by atoms with Crippen molar-refractivity contribution in [2.45, 2.75) is 26.3 Å². The number of likely N-dealkylation sites (tertiary alicyclic amines) is 1. The largest absolute Gasteiger partial charge is 0.462 e. The number of halogens is 1. The van der Waals surface area contributed by atoms with Crippen LogP contribution in [0.2, 0.25) is 0 Å². The first-order valence-corrected chi connectivity index (χ1v) is 9.32. The number of hydrogen-bond donors (Lipinski definition) is 2. The molecule has 1 amide bonds. The number of primary amides is 1. The SMILES string of the molecule is CCOC(=O)c1sc2cccc(F)c2c1C[NH+]1CCC(C(N)=O)CC1. The minimum Gasteiger partial charge on any atom is -0.462 e. The van der Waals surface area contributed by atoms with Gasteiger partial charge in [-0.15, -0.1) is 11.3 Å². The minimum atomic E-state index is -0.399. The highest BCUT2D eigenvalue weighted by Gasteiger charge is 2.29. The standard InChI is InChI=1S/C18H21FN2O3S/c1-2-24-18(23)16-12(15-13(19)4-3-5-14(15)25-16)10-21-8-6-11(7-9-21)17(20)22/h3-5,11H,2,6-10H2,1H3,(H2,20,22)/p+1. The van der Waals surface area contributed by atoms with E-state index in [1.54, 1.807) is 13.0 Å². The Hall–Kier alpha value is -1.99. The van der Waals surface area contributed by atoms with Gasteiger partial charge in [-0.25, -0.2) is 9.18 Å². The monoisotopic (exact) mass is 365 g/mol. The smallest absolute Gasteiger partial charge is 0.348 e. The molecule has 0 bridgehead atoms. The van der Waals surface area contributed by atoms with E-state index in [4.69, 9.17) is 10.5 Å². The van der Waals surface area contributed by atoms with Gasteiger partial charge in [0, 0.05) is 34.4 Å². The second-order valence-corrected chi connectivity index (χ2v) is 7.40. The molecule has 1 aromatic carbocycles. The Bertz CT molecular complexity index is 797. The van der Waals surface area contributed by atoms with E-state index >= 15 is 0 Å². The molecule has 1 aliphatic heterocycles. The lowest BCUT2D eigenvalue weighted by atomic mass is 9.96. The van der Waals surface area contributed by atoms with Crippen molar-refractivity contribution in [3.63, 3.8) is 0 Å². The summed E-state index contributed by atoms with van der Waals surface area (Å²) in [5.41, 5.74) is 6.09. The number of fused-ring (bicyclic) bond motifs is 1. The number of rotatable bonds is 5. The number of ether oxygens (including phenoxy) is 1. The molecule has 0 spiro atoms. The van der Waals surface area contributed by atoms with Gasteiger partial charge in [-0.05, 0) is 19.1 Å².